The zero-order valence-electron chi connectivity index (χ0n) is 16.5. The van der Waals surface area contributed by atoms with Crippen molar-refractivity contribution in [1.29, 1.82) is 0 Å². The summed E-state index contributed by atoms with van der Waals surface area (Å²) >= 11 is 1.33. The van der Waals surface area contributed by atoms with Crippen molar-refractivity contribution in [2.75, 3.05) is 5.32 Å². The van der Waals surface area contributed by atoms with Gasteiger partial charge in [-0.15, -0.1) is 0 Å². The molecule has 8 nitrogen and oxygen atoms in total. The molecule has 0 unspecified atom stereocenters. The normalized spacial score (nSPS) is 14.8. The third-order valence-corrected chi connectivity index (χ3v) is 4.94. The van der Waals surface area contributed by atoms with Crippen molar-refractivity contribution in [3.8, 4) is 0 Å². The number of carboxylic acid groups (broad SMARTS) is 1. The van der Waals surface area contributed by atoms with Gasteiger partial charge in [0, 0.05) is 24.2 Å². The second-order valence-corrected chi connectivity index (χ2v) is 7.28. The number of hydrogen-bond acceptors (Lipinski definition) is 6. The van der Waals surface area contributed by atoms with E-state index in [9.17, 15) is 18.0 Å². The predicted molar refractivity (Wildman–Crippen MR) is 115 cm³/mol. The molecular formula is C20H16F3N5O3S. The maximum atomic E-state index is 12.2. The molecule has 166 valence electrons. The van der Waals surface area contributed by atoms with Gasteiger partial charge in [-0.2, -0.15) is 23.3 Å². The van der Waals surface area contributed by atoms with Crippen LogP contribution in [0.2, 0.25) is 0 Å². The molecule has 0 atom stereocenters. The SMILES string of the molecule is CCn1nccc1NC1=NC(=O)C(=Cc2ccc3ncccc3c2)S1.O=C(O)C(F)(F)F. The number of aryl methyl sites for hydroxylation is 1. The van der Waals surface area contributed by atoms with E-state index in [1.807, 2.05) is 54.1 Å². The molecule has 3 aromatic rings. The Morgan fingerprint density at radius 2 is 2.00 bits per heavy atom. The number of amides is 1. The van der Waals surface area contributed by atoms with Crippen LogP contribution in [0.1, 0.15) is 12.5 Å². The molecule has 12 heteroatoms. The Morgan fingerprint density at radius 1 is 1.25 bits per heavy atom. The summed E-state index contributed by atoms with van der Waals surface area (Å²) in [7, 11) is 0. The van der Waals surface area contributed by atoms with E-state index >= 15 is 0 Å². The first-order valence-electron chi connectivity index (χ1n) is 9.13. The number of amidine groups is 1. The molecule has 0 bridgehead atoms. The van der Waals surface area contributed by atoms with E-state index in [-0.39, 0.29) is 5.91 Å². The first-order valence-corrected chi connectivity index (χ1v) is 9.95. The standard InChI is InChI=1S/C18H15N5OS.C2HF3O2/c1-2-23-16(7-9-20-23)21-18-22-17(24)15(25-18)11-12-5-6-14-13(10-12)4-3-8-19-14;3-2(4,5)1(6)7/h3-11H,2H2,1H3,(H,21,22,24);(H,6,7). The van der Waals surface area contributed by atoms with E-state index in [0.29, 0.717) is 10.1 Å². The van der Waals surface area contributed by atoms with Gasteiger partial charge < -0.3 is 10.4 Å². The van der Waals surface area contributed by atoms with E-state index in [1.54, 1.807) is 12.4 Å². The molecule has 0 aliphatic carbocycles. The molecule has 3 heterocycles. The van der Waals surface area contributed by atoms with Crippen molar-refractivity contribution in [3.63, 3.8) is 0 Å². The zero-order chi connectivity index (χ0) is 23.3. The summed E-state index contributed by atoms with van der Waals surface area (Å²) in [6, 6.07) is 11.7. The largest absolute Gasteiger partial charge is 0.490 e. The highest BCUT2D eigenvalue weighted by molar-refractivity contribution is 8.18. The van der Waals surface area contributed by atoms with Crippen molar-refractivity contribution in [2.24, 2.45) is 4.99 Å². The van der Waals surface area contributed by atoms with E-state index in [4.69, 9.17) is 9.90 Å². The number of nitrogens with one attached hydrogen (secondary N) is 1. The number of aliphatic imine (C=N–C) groups is 1. The zero-order valence-corrected chi connectivity index (χ0v) is 17.3. The average molecular weight is 463 g/mol. The fourth-order valence-corrected chi connectivity index (χ4v) is 3.42. The van der Waals surface area contributed by atoms with Crippen LogP contribution in [0.4, 0.5) is 19.0 Å². The van der Waals surface area contributed by atoms with Gasteiger partial charge in [-0.05, 0) is 48.5 Å². The molecule has 2 N–H and O–H groups in total. The Balaban J connectivity index is 0.000000360. The first kappa shape index (κ1) is 23.0. The average Bonchev–Trinajstić information content (AvgIpc) is 3.33. The number of halogens is 3. The number of fused-ring (bicyclic) bond motifs is 1. The first-order chi connectivity index (χ1) is 15.2. The third-order valence-electron chi connectivity index (χ3n) is 4.04. The minimum atomic E-state index is -5.08. The number of alkyl halides is 3. The molecule has 0 saturated heterocycles. The second kappa shape index (κ2) is 9.64. The Labute approximate surface area is 183 Å². The van der Waals surface area contributed by atoms with Gasteiger partial charge >= 0.3 is 12.1 Å². The maximum Gasteiger partial charge on any atom is 0.490 e. The number of nitrogens with zero attached hydrogens (tertiary/aromatic N) is 4. The van der Waals surface area contributed by atoms with Crippen LogP contribution in [0.5, 0.6) is 0 Å². The fourth-order valence-electron chi connectivity index (χ4n) is 2.60. The number of benzene rings is 1. The Hall–Kier alpha value is -3.67. The number of pyridine rings is 1. The minimum absolute atomic E-state index is 0.235. The van der Waals surface area contributed by atoms with Crippen LogP contribution in [-0.4, -0.2) is 43.1 Å². The van der Waals surface area contributed by atoms with Crippen LogP contribution in [0.25, 0.3) is 17.0 Å². The van der Waals surface area contributed by atoms with Crippen molar-refractivity contribution < 1.29 is 27.9 Å². The molecule has 1 aromatic carbocycles. The van der Waals surface area contributed by atoms with Gasteiger partial charge in [0.2, 0.25) is 0 Å². The number of thioether (sulfide) groups is 1. The van der Waals surface area contributed by atoms with Gasteiger partial charge in [-0.1, -0.05) is 12.1 Å². The molecule has 1 aliphatic rings. The van der Waals surface area contributed by atoms with E-state index in [0.717, 1.165) is 28.8 Å². The van der Waals surface area contributed by atoms with Crippen LogP contribution in [0.15, 0.2) is 58.7 Å². The lowest BCUT2D eigenvalue weighted by atomic mass is 10.1. The van der Waals surface area contributed by atoms with Gasteiger partial charge in [0.15, 0.2) is 5.17 Å². The smallest absolute Gasteiger partial charge is 0.475 e. The van der Waals surface area contributed by atoms with Gasteiger partial charge in [0.25, 0.3) is 5.91 Å². The van der Waals surface area contributed by atoms with Crippen molar-refractivity contribution in [1.82, 2.24) is 14.8 Å². The van der Waals surface area contributed by atoms with Crippen molar-refractivity contribution in [3.05, 3.63) is 59.3 Å². The third kappa shape index (κ3) is 5.72. The van der Waals surface area contributed by atoms with E-state index in [1.165, 1.54) is 11.8 Å². The van der Waals surface area contributed by atoms with Crippen LogP contribution >= 0.6 is 11.8 Å². The number of anilines is 1. The van der Waals surface area contributed by atoms with Crippen molar-refractivity contribution >= 4 is 51.6 Å². The molecule has 0 fully saturated rings. The number of carbonyl (C=O) groups excluding carboxylic acids is 1. The summed E-state index contributed by atoms with van der Waals surface area (Å²) in [5.41, 5.74) is 1.88. The summed E-state index contributed by atoms with van der Waals surface area (Å²) in [6.45, 7) is 2.75. The predicted octanol–water partition coefficient (Wildman–Crippen LogP) is 4.17. The highest BCUT2D eigenvalue weighted by Crippen LogP contribution is 2.29. The highest BCUT2D eigenvalue weighted by atomic mass is 32.2. The minimum Gasteiger partial charge on any atom is -0.475 e. The molecule has 0 saturated carbocycles. The molecule has 0 spiro atoms. The number of hydrogen-bond donors (Lipinski definition) is 2. The van der Waals surface area contributed by atoms with Gasteiger partial charge in [-0.25, -0.2) is 9.48 Å². The van der Waals surface area contributed by atoms with Crippen LogP contribution < -0.4 is 5.32 Å². The number of carbonyl (C=O) groups is 2. The van der Waals surface area contributed by atoms with Crippen molar-refractivity contribution in [2.45, 2.75) is 19.6 Å². The summed E-state index contributed by atoms with van der Waals surface area (Å²) in [5, 5.41) is 16.1. The van der Waals surface area contributed by atoms with Gasteiger partial charge in [0.05, 0.1) is 16.6 Å². The van der Waals surface area contributed by atoms with Crippen LogP contribution in [0, 0.1) is 0 Å². The summed E-state index contributed by atoms with van der Waals surface area (Å²) in [4.78, 5) is 30.1. The summed E-state index contributed by atoms with van der Waals surface area (Å²) in [6.07, 6.45) is 0.256. The van der Waals surface area contributed by atoms with Crippen LogP contribution in [0.3, 0.4) is 0 Å². The Bertz CT molecular complexity index is 1220. The maximum absolute atomic E-state index is 12.2. The topological polar surface area (TPSA) is 109 Å². The second-order valence-electron chi connectivity index (χ2n) is 6.25. The molecule has 4 rings (SSSR count). The van der Waals surface area contributed by atoms with Crippen LogP contribution in [-0.2, 0) is 16.1 Å². The summed E-state index contributed by atoms with van der Waals surface area (Å²) < 4.78 is 33.5. The number of aliphatic carboxylic acids is 1. The molecule has 32 heavy (non-hydrogen) atoms. The van der Waals surface area contributed by atoms with E-state index < -0.39 is 12.1 Å². The number of carboxylic acids is 1. The molecular weight excluding hydrogens is 447 g/mol. The Kier molecular flexibility index (Phi) is 6.93. The molecule has 2 aromatic heterocycles. The fraction of sp³-hybridized carbons (Fsp3) is 0.150. The van der Waals surface area contributed by atoms with Gasteiger partial charge in [-0.3, -0.25) is 9.78 Å². The summed E-state index contributed by atoms with van der Waals surface area (Å²) in [5.74, 6) is -2.17. The lowest BCUT2D eigenvalue weighted by Crippen LogP contribution is -2.21. The number of rotatable bonds is 3. The monoisotopic (exact) mass is 463 g/mol. The molecule has 1 aliphatic heterocycles. The van der Waals surface area contributed by atoms with E-state index in [2.05, 4.69) is 20.4 Å². The highest BCUT2D eigenvalue weighted by Gasteiger charge is 2.38. The lowest BCUT2D eigenvalue weighted by molar-refractivity contribution is -0.192. The number of aromatic nitrogens is 3. The quantitative estimate of drug-likeness (QED) is 0.561. The molecule has 0 radical (unpaired) electrons. The molecule has 1 amide bonds. The Morgan fingerprint density at radius 3 is 2.69 bits per heavy atom. The van der Waals surface area contributed by atoms with Gasteiger partial charge in [0.1, 0.15) is 5.82 Å². The lowest BCUT2D eigenvalue weighted by Gasteiger charge is -2.06.